The molecule has 3 amide bonds. The van der Waals surface area contributed by atoms with Crippen molar-refractivity contribution in [1.29, 1.82) is 0 Å². The lowest BCUT2D eigenvalue weighted by Gasteiger charge is -2.13. The van der Waals surface area contributed by atoms with Crippen LogP contribution < -0.4 is 10.6 Å². The molecule has 0 bridgehead atoms. The molecule has 138 valence electrons. The minimum absolute atomic E-state index is 0.101. The molecule has 0 spiro atoms. The van der Waals surface area contributed by atoms with Crippen LogP contribution in [-0.4, -0.2) is 34.9 Å². The normalized spacial score (nSPS) is 13.7. The highest BCUT2D eigenvalue weighted by atomic mass is 16.4. The standard InChI is InChI=1S/C19H24N4O3/c1-3-14-7-6-8-15(11-14)21-19(25)20-12-16-22-17(13(2)26-16)18(24)23-9-4-5-10-23/h6-8,11H,3-5,9-10,12H2,1-2H3,(H2,20,21,25). The molecule has 2 aromatic rings. The molecule has 3 rings (SSSR count). The number of hydrogen-bond donors (Lipinski definition) is 2. The van der Waals surface area contributed by atoms with Crippen molar-refractivity contribution in [2.75, 3.05) is 18.4 Å². The van der Waals surface area contributed by atoms with Gasteiger partial charge in [0.2, 0.25) is 5.89 Å². The number of oxazole rings is 1. The smallest absolute Gasteiger partial charge is 0.319 e. The molecule has 7 heteroatoms. The second-order valence-electron chi connectivity index (χ2n) is 6.37. The van der Waals surface area contributed by atoms with Gasteiger partial charge < -0.3 is 20.0 Å². The third kappa shape index (κ3) is 4.22. The maximum Gasteiger partial charge on any atom is 0.319 e. The Morgan fingerprint density at radius 3 is 2.77 bits per heavy atom. The predicted octanol–water partition coefficient (Wildman–Crippen LogP) is 3.10. The first-order valence-electron chi connectivity index (χ1n) is 8.96. The van der Waals surface area contributed by atoms with E-state index in [1.807, 2.05) is 24.3 Å². The van der Waals surface area contributed by atoms with Gasteiger partial charge in [0.25, 0.3) is 5.91 Å². The zero-order chi connectivity index (χ0) is 18.5. The molecule has 0 radical (unpaired) electrons. The Morgan fingerprint density at radius 2 is 2.04 bits per heavy atom. The van der Waals surface area contributed by atoms with Crippen LogP contribution in [0.4, 0.5) is 10.5 Å². The molecular formula is C19H24N4O3. The van der Waals surface area contributed by atoms with Crippen LogP contribution in [0.1, 0.15) is 47.5 Å². The number of likely N-dealkylation sites (tertiary alicyclic amines) is 1. The Hall–Kier alpha value is -2.83. The maximum atomic E-state index is 12.4. The first-order valence-corrected chi connectivity index (χ1v) is 8.96. The Balaban J connectivity index is 1.56. The lowest BCUT2D eigenvalue weighted by molar-refractivity contribution is 0.0786. The molecule has 7 nitrogen and oxygen atoms in total. The fourth-order valence-corrected chi connectivity index (χ4v) is 3.00. The molecule has 0 saturated carbocycles. The topological polar surface area (TPSA) is 87.5 Å². The molecule has 0 unspecified atom stereocenters. The van der Waals surface area contributed by atoms with Gasteiger partial charge in [0.1, 0.15) is 5.76 Å². The first kappa shape index (κ1) is 18.0. The predicted molar refractivity (Wildman–Crippen MR) is 98.1 cm³/mol. The van der Waals surface area contributed by atoms with Gasteiger partial charge in [-0.2, -0.15) is 0 Å². The van der Waals surface area contributed by atoms with Crippen LogP contribution in [0.3, 0.4) is 0 Å². The number of carbonyl (C=O) groups is 2. The molecule has 26 heavy (non-hydrogen) atoms. The molecule has 1 aromatic heterocycles. The average Bonchev–Trinajstić information content (AvgIpc) is 3.29. The van der Waals surface area contributed by atoms with Crippen LogP contribution in [0.5, 0.6) is 0 Å². The second-order valence-corrected chi connectivity index (χ2v) is 6.37. The van der Waals surface area contributed by atoms with Gasteiger partial charge in [0, 0.05) is 18.8 Å². The molecule has 0 atom stereocenters. The van der Waals surface area contributed by atoms with Crippen LogP contribution in [0.2, 0.25) is 0 Å². The van der Waals surface area contributed by atoms with Crippen molar-refractivity contribution in [2.24, 2.45) is 0 Å². The number of amides is 3. The van der Waals surface area contributed by atoms with Crippen molar-refractivity contribution in [3.8, 4) is 0 Å². The monoisotopic (exact) mass is 356 g/mol. The van der Waals surface area contributed by atoms with Gasteiger partial charge in [-0.3, -0.25) is 4.79 Å². The summed E-state index contributed by atoms with van der Waals surface area (Å²) >= 11 is 0. The molecule has 0 aliphatic carbocycles. The lowest BCUT2D eigenvalue weighted by atomic mass is 10.1. The highest BCUT2D eigenvalue weighted by Crippen LogP contribution is 2.16. The van der Waals surface area contributed by atoms with Crippen LogP contribution in [0.25, 0.3) is 0 Å². The van der Waals surface area contributed by atoms with Gasteiger partial charge in [0.15, 0.2) is 5.69 Å². The largest absolute Gasteiger partial charge is 0.443 e. The number of anilines is 1. The average molecular weight is 356 g/mol. The van der Waals surface area contributed by atoms with E-state index in [1.54, 1.807) is 11.8 Å². The summed E-state index contributed by atoms with van der Waals surface area (Å²) in [6.07, 6.45) is 2.95. The summed E-state index contributed by atoms with van der Waals surface area (Å²) in [6.45, 7) is 5.42. The van der Waals surface area contributed by atoms with Gasteiger partial charge in [-0.05, 0) is 43.9 Å². The van der Waals surface area contributed by atoms with E-state index in [-0.39, 0.29) is 18.5 Å². The van der Waals surface area contributed by atoms with Crippen molar-refractivity contribution in [3.05, 3.63) is 47.2 Å². The van der Waals surface area contributed by atoms with Crippen molar-refractivity contribution >= 4 is 17.6 Å². The second kappa shape index (κ2) is 8.03. The number of carbonyl (C=O) groups excluding carboxylic acids is 2. The van der Waals surface area contributed by atoms with Crippen molar-refractivity contribution < 1.29 is 14.0 Å². The highest BCUT2D eigenvalue weighted by molar-refractivity contribution is 5.93. The number of hydrogen-bond acceptors (Lipinski definition) is 4. The fourth-order valence-electron chi connectivity index (χ4n) is 3.00. The van der Waals surface area contributed by atoms with E-state index < -0.39 is 0 Å². The van der Waals surface area contributed by atoms with E-state index in [9.17, 15) is 9.59 Å². The first-order chi connectivity index (χ1) is 12.6. The number of aromatic nitrogens is 1. The van der Waals surface area contributed by atoms with Crippen molar-refractivity contribution in [2.45, 2.75) is 39.7 Å². The van der Waals surface area contributed by atoms with Crippen LogP contribution >= 0.6 is 0 Å². The van der Waals surface area contributed by atoms with Crippen LogP contribution in [0.15, 0.2) is 28.7 Å². The summed E-state index contributed by atoms with van der Waals surface area (Å²) in [5, 5.41) is 5.48. The van der Waals surface area contributed by atoms with Crippen molar-refractivity contribution in [1.82, 2.24) is 15.2 Å². The number of urea groups is 1. The van der Waals surface area contributed by atoms with E-state index in [0.717, 1.165) is 43.6 Å². The summed E-state index contributed by atoms with van der Waals surface area (Å²) in [5.41, 5.74) is 2.21. The molecule has 2 N–H and O–H groups in total. The Kier molecular flexibility index (Phi) is 5.55. The number of nitrogens with one attached hydrogen (secondary N) is 2. The molecular weight excluding hydrogens is 332 g/mol. The number of nitrogens with zero attached hydrogens (tertiary/aromatic N) is 2. The van der Waals surface area contributed by atoms with Gasteiger partial charge in [0.05, 0.1) is 6.54 Å². The van der Waals surface area contributed by atoms with Gasteiger partial charge in [-0.25, -0.2) is 9.78 Å². The summed E-state index contributed by atoms with van der Waals surface area (Å²) in [4.78, 5) is 30.5. The minimum Gasteiger partial charge on any atom is -0.443 e. The van der Waals surface area contributed by atoms with E-state index in [0.29, 0.717) is 17.3 Å². The lowest BCUT2D eigenvalue weighted by Crippen LogP contribution is -2.29. The van der Waals surface area contributed by atoms with Gasteiger partial charge in [-0.15, -0.1) is 0 Å². The quantitative estimate of drug-likeness (QED) is 0.862. The number of aryl methyl sites for hydroxylation is 2. The summed E-state index contributed by atoms with van der Waals surface area (Å²) in [5.74, 6) is 0.702. The van der Waals surface area contributed by atoms with Crippen LogP contribution in [-0.2, 0) is 13.0 Å². The Labute approximate surface area is 152 Å². The van der Waals surface area contributed by atoms with E-state index in [1.165, 1.54) is 0 Å². The van der Waals surface area contributed by atoms with E-state index in [2.05, 4.69) is 22.5 Å². The zero-order valence-corrected chi connectivity index (χ0v) is 15.2. The Morgan fingerprint density at radius 1 is 1.27 bits per heavy atom. The maximum absolute atomic E-state index is 12.4. The van der Waals surface area contributed by atoms with Gasteiger partial charge >= 0.3 is 6.03 Å². The van der Waals surface area contributed by atoms with E-state index >= 15 is 0 Å². The SMILES string of the molecule is CCc1cccc(NC(=O)NCc2nc(C(=O)N3CCCC3)c(C)o2)c1. The summed E-state index contributed by atoms with van der Waals surface area (Å²) in [7, 11) is 0. The van der Waals surface area contributed by atoms with Crippen molar-refractivity contribution in [3.63, 3.8) is 0 Å². The molecule has 1 aliphatic rings. The molecule has 1 aliphatic heterocycles. The number of benzene rings is 1. The number of rotatable bonds is 5. The molecule has 1 fully saturated rings. The minimum atomic E-state index is -0.346. The third-order valence-corrected chi connectivity index (χ3v) is 4.43. The molecule has 1 saturated heterocycles. The zero-order valence-electron chi connectivity index (χ0n) is 15.2. The van der Waals surface area contributed by atoms with Crippen LogP contribution in [0, 0.1) is 6.92 Å². The van der Waals surface area contributed by atoms with Gasteiger partial charge in [-0.1, -0.05) is 19.1 Å². The third-order valence-electron chi connectivity index (χ3n) is 4.43. The summed E-state index contributed by atoms with van der Waals surface area (Å²) < 4.78 is 5.53. The summed E-state index contributed by atoms with van der Waals surface area (Å²) in [6, 6.07) is 7.34. The fraction of sp³-hybridized carbons (Fsp3) is 0.421. The Bertz CT molecular complexity index is 794. The molecule has 1 aromatic carbocycles. The highest BCUT2D eigenvalue weighted by Gasteiger charge is 2.25. The van der Waals surface area contributed by atoms with E-state index in [4.69, 9.17) is 4.42 Å². The molecule has 2 heterocycles.